The molecule has 1 atom stereocenters. The maximum absolute atomic E-state index is 3.78. The van der Waals surface area contributed by atoms with E-state index in [2.05, 4.69) is 30.6 Å². The number of nitrogens with zero attached hydrogens (tertiary/aromatic N) is 1. The second-order valence-corrected chi connectivity index (χ2v) is 6.01. The molecule has 18 heavy (non-hydrogen) atoms. The molecule has 0 spiro atoms. The van der Waals surface area contributed by atoms with Crippen molar-refractivity contribution in [3.05, 3.63) is 12.7 Å². The van der Waals surface area contributed by atoms with Crippen LogP contribution in [0.3, 0.4) is 0 Å². The molecule has 106 valence electrons. The first-order valence-corrected chi connectivity index (χ1v) is 7.79. The molecule has 1 unspecified atom stereocenters. The zero-order valence-corrected chi connectivity index (χ0v) is 12.5. The molecule has 0 aromatic carbocycles. The molecule has 0 saturated carbocycles. The highest BCUT2D eigenvalue weighted by Gasteiger charge is 2.19. The lowest BCUT2D eigenvalue weighted by molar-refractivity contribution is 0.168. The lowest BCUT2D eigenvalue weighted by atomic mass is 9.97. The number of allylic oxidation sites excluding steroid dienone is 1. The maximum Gasteiger partial charge on any atom is 0.00218 e. The van der Waals surface area contributed by atoms with E-state index in [1.54, 1.807) is 0 Å². The third kappa shape index (κ3) is 7.17. The molecule has 1 aliphatic rings. The Bertz CT molecular complexity index is 213. The molecular formula is C16H32N2. The van der Waals surface area contributed by atoms with Crippen molar-refractivity contribution in [3.8, 4) is 0 Å². The smallest absolute Gasteiger partial charge is 0.00218 e. The lowest BCUT2D eigenvalue weighted by Crippen LogP contribution is -2.41. The average Bonchev–Trinajstić information content (AvgIpc) is 2.37. The third-order valence-electron chi connectivity index (χ3n) is 3.80. The van der Waals surface area contributed by atoms with Crippen molar-refractivity contribution < 1.29 is 0 Å². The van der Waals surface area contributed by atoms with Gasteiger partial charge in [-0.25, -0.2) is 0 Å². The SMILES string of the molecule is C=CCCCCCN1CCCC(CNC(C)C)C1. The summed E-state index contributed by atoms with van der Waals surface area (Å²) in [5, 5.41) is 3.58. The second kappa shape index (κ2) is 9.57. The summed E-state index contributed by atoms with van der Waals surface area (Å²) in [5.74, 6) is 0.870. The summed E-state index contributed by atoms with van der Waals surface area (Å²) in [6, 6.07) is 0.624. The number of likely N-dealkylation sites (tertiary alicyclic amines) is 1. The van der Waals surface area contributed by atoms with Gasteiger partial charge in [-0.3, -0.25) is 0 Å². The fourth-order valence-electron chi connectivity index (χ4n) is 2.72. The van der Waals surface area contributed by atoms with Gasteiger partial charge in [0.1, 0.15) is 0 Å². The zero-order valence-electron chi connectivity index (χ0n) is 12.5. The van der Waals surface area contributed by atoms with E-state index >= 15 is 0 Å². The van der Waals surface area contributed by atoms with Gasteiger partial charge in [-0.05, 0) is 57.7 Å². The summed E-state index contributed by atoms with van der Waals surface area (Å²) in [4.78, 5) is 2.67. The predicted molar refractivity (Wildman–Crippen MR) is 81.0 cm³/mol. The Morgan fingerprint density at radius 1 is 1.33 bits per heavy atom. The molecule has 0 bridgehead atoms. The van der Waals surface area contributed by atoms with Crippen LogP contribution in [-0.2, 0) is 0 Å². The molecule has 2 heteroatoms. The number of hydrogen-bond acceptors (Lipinski definition) is 2. The van der Waals surface area contributed by atoms with Crippen molar-refractivity contribution in [1.29, 1.82) is 0 Å². The van der Waals surface area contributed by atoms with E-state index in [0.29, 0.717) is 6.04 Å². The number of hydrogen-bond donors (Lipinski definition) is 1. The van der Waals surface area contributed by atoms with E-state index in [-0.39, 0.29) is 0 Å². The van der Waals surface area contributed by atoms with E-state index in [4.69, 9.17) is 0 Å². The van der Waals surface area contributed by atoms with Gasteiger partial charge in [-0.15, -0.1) is 6.58 Å². The van der Waals surface area contributed by atoms with Crippen LogP contribution in [0.1, 0.15) is 52.4 Å². The van der Waals surface area contributed by atoms with Gasteiger partial charge < -0.3 is 10.2 Å². The first kappa shape index (κ1) is 15.7. The first-order chi connectivity index (χ1) is 8.72. The molecule has 0 aromatic heterocycles. The highest BCUT2D eigenvalue weighted by Crippen LogP contribution is 2.16. The predicted octanol–water partition coefficient (Wildman–Crippen LogP) is 3.44. The fraction of sp³-hybridized carbons (Fsp3) is 0.875. The molecular weight excluding hydrogens is 220 g/mol. The highest BCUT2D eigenvalue weighted by atomic mass is 15.1. The maximum atomic E-state index is 3.78. The number of rotatable bonds is 9. The number of nitrogens with one attached hydrogen (secondary N) is 1. The Morgan fingerprint density at radius 2 is 2.17 bits per heavy atom. The largest absolute Gasteiger partial charge is 0.314 e. The third-order valence-corrected chi connectivity index (χ3v) is 3.80. The molecule has 1 aliphatic heterocycles. The van der Waals surface area contributed by atoms with Crippen LogP contribution in [0.15, 0.2) is 12.7 Å². The number of unbranched alkanes of at least 4 members (excludes halogenated alkanes) is 3. The van der Waals surface area contributed by atoms with Crippen LogP contribution >= 0.6 is 0 Å². The minimum absolute atomic E-state index is 0.624. The van der Waals surface area contributed by atoms with Crippen LogP contribution in [0.2, 0.25) is 0 Å². The van der Waals surface area contributed by atoms with E-state index < -0.39 is 0 Å². The van der Waals surface area contributed by atoms with E-state index in [9.17, 15) is 0 Å². The van der Waals surface area contributed by atoms with E-state index in [1.165, 1.54) is 64.7 Å². The molecule has 1 N–H and O–H groups in total. The summed E-state index contributed by atoms with van der Waals surface area (Å²) in [6.07, 6.45) is 10.0. The average molecular weight is 252 g/mol. The topological polar surface area (TPSA) is 15.3 Å². The standard InChI is InChI=1S/C16H32N2/c1-4-5-6-7-8-11-18-12-9-10-16(14-18)13-17-15(2)3/h4,15-17H,1,5-14H2,2-3H3. The van der Waals surface area contributed by atoms with Crippen LogP contribution < -0.4 is 5.32 Å². The molecule has 1 rings (SSSR count). The van der Waals surface area contributed by atoms with Crippen molar-refractivity contribution in [1.82, 2.24) is 10.2 Å². The zero-order chi connectivity index (χ0) is 13.2. The fourth-order valence-corrected chi connectivity index (χ4v) is 2.72. The summed E-state index contributed by atoms with van der Waals surface area (Å²) >= 11 is 0. The molecule has 0 amide bonds. The minimum Gasteiger partial charge on any atom is -0.314 e. The molecule has 1 saturated heterocycles. The summed E-state index contributed by atoms with van der Waals surface area (Å²) in [7, 11) is 0. The Balaban J connectivity index is 2.08. The van der Waals surface area contributed by atoms with E-state index in [0.717, 1.165) is 5.92 Å². The van der Waals surface area contributed by atoms with Crippen LogP contribution in [0.4, 0.5) is 0 Å². The Kier molecular flexibility index (Phi) is 8.36. The van der Waals surface area contributed by atoms with Crippen LogP contribution in [0.5, 0.6) is 0 Å². The number of piperidine rings is 1. The van der Waals surface area contributed by atoms with Gasteiger partial charge in [0.2, 0.25) is 0 Å². The van der Waals surface area contributed by atoms with Gasteiger partial charge in [0.25, 0.3) is 0 Å². The quantitative estimate of drug-likeness (QED) is 0.499. The molecule has 0 radical (unpaired) electrons. The van der Waals surface area contributed by atoms with Gasteiger partial charge in [0.05, 0.1) is 0 Å². The summed E-state index contributed by atoms with van der Waals surface area (Å²) in [5.41, 5.74) is 0. The first-order valence-electron chi connectivity index (χ1n) is 7.79. The van der Waals surface area contributed by atoms with Crippen LogP contribution in [0.25, 0.3) is 0 Å². The summed E-state index contributed by atoms with van der Waals surface area (Å²) < 4.78 is 0. The molecule has 1 heterocycles. The highest BCUT2D eigenvalue weighted by molar-refractivity contribution is 4.75. The monoisotopic (exact) mass is 252 g/mol. The second-order valence-electron chi connectivity index (χ2n) is 6.01. The van der Waals surface area contributed by atoms with Crippen molar-refractivity contribution >= 4 is 0 Å². The molecule has 2 nitrogen and oxygen atoms in total. The van der Waals surface area contributed by atoms with Crippen molar-refractivity contribution in [2.45, 2.75) is 58.4 Å². The Hall–Kier alpha value is -0.340. The molecule has 0 aliphatic carbocycles. The minimum atomic E-state index is 0.624. The molecule has 0 aromatic rings. The van der Waals surface area contributed by atoms with Crippen molar-refractivity contribution in [2.24, 2.45) is 5.92 Å². The molecule has 1 fully saturated rings. The van der Waals surface area contributed by atoms with Gasteiger partial charge in [-0.1, -0.05) is 26.3 Å². The van der Waals surface area contributed by atoms with E-state index in [1.807, 2.05) is 6.08 Å². The van der Waals surface area contributed by atoms with Gasteiger partial charge in [0.15, 0.2) is 0 Å². The van der Waals surface area contributed by atoms with Gasteiger partial charge in [0, 0.05) is 12.6 Å². The van der Waals surface area contributed by atoms with Crippen molar-refractivity contribution in [3.63, 3.8) is 0 Å². The Labute approximate surface area is 114 Å². The normalized spacial score (nSPS) is 21.4. The van der Waals surface area contributed by atoms with Gasteiger partial charge in [-0.2, -0.15) is 0 Å². The summed E-state index contributed by atoms with van der Waals surface area (Å²) in [6.45, 7) is 13.4. The van der Waals surface area contributed by atoms with Gasteiger partial charge >= 0.3 is 0 Å². The lowest BCUT2D eigenvalue weighted by Gasteiger charge is -2.33. The van der Waals surface area contributed by atoms with Crippen molar-refractivity contribution in [2.75, 3.05) is 26.2 Å². The van der Waals surface area contributed by atoms with Crippen LogP contribution in [0, 0.1) is 5.92 Å². The van der Waals surface area contributed by atoms with Crippen LogP contribution in [-0.4, -0.2) is 37.1 Å². The Morgan fingerprint density at radius 3 is 2.89 bits per heavy atom.